The molecule has 19 heavy (non-hydrogen) atoms. The van der Waals surface area contributed by atoms with Crippen molar-refractivity contribution >= 4 is 11.6 Å². The Bertz CT molecular complexity index is 576. The Balaban J connectivity index is 2.41. The number of amides is 1. The third-order valence-electron chi connectivity index (χ3n) is 2.72. The fourth-order valence-electron chi connectivity index (χ4n) is 1.86. The molecule has 1 amide bonds. The fourth-order valence-corrected chi connectivity index (χ4v) is 1.86. The molecule has 2 aromatic rings. The first-order valence-corrected chi connectivity index (χ1v) is 6.01. The van der Waals surface area contributed by atoms with Crippen LogP contribution in [0.4, 0.5) is 5.69 Å². The molecule has 0 atom stereocenters. The normalized spacial score (nSPS) is 10.5. The molecule has 0 radical (unpaired) electrons. The maximum atomic E-state index is 12.1. The number of benzene rings is 2. The smallest absolute Gasteiger partial charge is 0.266 e. The van der Waals surface area contributed by atoms with Crippen molar-refractivity contribution in [2.45, 2.75) is 0 Å². The number of carbonyl (C=O) groups excluding carboxylic acids is 1. The maximum Gasteiger partial charge on any atom is 0.266 e. The predicted octanol–water partition coefficient (Wildman–Crippen LogP) is 2.14. The highest BCUT2D eigenvalue weighted by molar-refractivity contribution is 6.00. The topological polar surface area (TPSA) is 58.4 Å². The van der Waals surface area contributed by atoms with E-state index in [1.54, 1.807) is 19.1 Å². The molecule has 0 aliphatic carbocycles. The van der Waals surface area contributed by atoms with Crippen LogP contribution in [0.5, 0.6) is 0 Å². The minimum atomic E-state index is -0.127. The first-order chi connectivity index (χ1) is 9.08. The zero-order chi connectivity index (χ0) is 13.8. The third kappa shape index (κ3) is 3.11. The van der Waals surface area contributed by atoms with E-state index < -0.39 is 0 Å². The lowest BCUT2D eigenvalue weighted by Gasteiger charge is -2.14. The number of nitrogens with zero attached hydrogens (tertiary/aromatic N) is 1. The van der Waals surface area contributed by atoms with Crippen LogP contribution in [0.2, 0.25) is 0 Å². The molecule has 4 nitrogen and oxygen atoms in total. The molecule has 2 aromatic carbocycles. The van der Waals surface area contributed by atoms with Crippen molar-refractivity contribution < 1.29 is 4.79 Å². The third-order valence-corrected chi connectivity index (χ3v) is 2.72. The highest BCUT2D eigenvalue weighted by Gasteiger charge is 2.12. The van der Waals surface area contributed by atoms with Crippen molar-refractivity contribution in [3.63, 3.8) is 0 Å². The standard InChI is InChI=1S/C15H17N3O/c1-18(2)17-15(19)14-6-4-3-5-13(14)11-7-9-12(16)10-8-11/h3-10H,16H2,1-2H3,(H,17,19). The molecule has 98 valence electrons. The molecular formula is C15H17N3O. The van der Waals surface area contributed by atoms with E-state index in [1.807, 2.05) is 48.5 Å². The van der Waals surface area contributed by atoms with Crippen molar-refractivity contribution in [2.75, 3.05) is 19.8 Å². The van der Waals surface area contributed by atoms with E-state index in [0.717, 1.165) is 11.1 Å². The summed E-state index contributed by atoms with van der Waals surface area (Å²) in [7, 11) is 3.56. The van der Waals surface area contributed by atoms with Crippen LogP contribution in [-0.4, -0.2) is 25.0 Å². The van der Waals surface area contributed by atoms with E-state index in [9.17, 15) is 4.79 Å². The SMILES string of the molecule is CN(C)NC(=O)c1ccccc1-c1ccc(N)cc1. The summed E-state index contributed by atoms with van der Waals surface area (Å²) in [6.45, 7) is 0. The number of anilines is 1. The molecule has 0 aliphatic heterocycles. The van der Waals surface area contributed by atoms with E-state index in [1.165, 1.54) is 0 Å². The number of nitrogens with two attached hydrogens (primary N) is 1. The van der Waals surface area contributed by atoms with Gasteiger partial charge in [0.15, 0.2) is 0 Å². The van der Waals surface area contributed by atoms with Gasteiger partial charge in [-0.2, -0.15) is 0 Å². The lowest BCUT2D eigenvalue weighted by atomic mass is 9.99. The minimum absolute atomic E-state index is 0.127. The average Bonchev–Trinajstić information content (AvgIpc) is 2.39. The van der Waals surface area contributed by atoms with Gasteiger partial charge in [0, 0.05) is 25.3 Å². The van der Waals surface area contributed by atoms with E-state index in [2.05, 4.69) is 5.43 Å². The van der Waals surface area contributed by atoms with Gasteiger partial charge in [0.1, 0.15) is 0 Å². The van der Waals surface area contributed by atoms with Crippen LogP contribution in [0.1, 0.15) is 10.4 Å². The molecule has 4 heteroatoms. The highest BCUT2D eigenvalue weighted by atomic mass is 16.2. The maximum absolute atomic E-state index is 12.1. The Morgan fingerprint density at radius 1 is 1.05 bits per heavy atom. The second-order valence-corrected chi connectivity index (χ2v) is 4.50. The highest BCUT2D eigenvalue weighted by Crippen LogP contribution is 2.24. The van der Waals surface area contributed by atoms with Gasteiger partial charge in [-0.05, 0) is 29.3 Å². The largest absolute Gasteiger partial charge is 0.399 e. The molecule has 0 fully saturated rings. The second kappa shape index (κ2) is 5.54. The fraction of sp³-hybridized carbons (Fsp3) is 0.133. The van der Waals surface area contributed by atoms with Gasteiger partial charge in [-0.1, -0.05) is 30.3 Å². The van der Waals surface area contributed by atoms with Gasteiger partial charge >= 0.3 is 0 Å². The van der Waals surface area contributed by atoms with E-state index in [4.69, 9.17) is 5.73 Å². The van der Waals surface area contributed by atoms with Crippen LogP contribution >= 0.6 is 0 Å². The number of hydrogen-bond donors (Lipinski definition) is 2. The zero-order valence-electron chi connectivity index (χ0n) is 11.1. The summed E-state index contributed by atoms with van der Waals surface area (Å²) in [5.74, 6) is -0.127. The number of hydrazine groups is 1. The molecule has 0 spiro atoms. The molecular weight excluding hydrogens is 238 g/mol. The Morgan fingerprint density at radius 3 is 2.32 bits per heavy atom. The van der Waals surface area contributed by atoms with Crippen molar-refractivity contribution in [2.24, 2.45) is 0 Å². The molecule has 0 aromatic heterocycles. The number of carbonyl (C=O) groups is 1. The molecule has 3 N–H and O–H groups in total. The Morgan fingerprint density at radius 2 is 1.68 bits per heavy atom. The summed E-state index contributed by atoms with van der Waals surface area (Å²) in [4.78, 5) is 12.1. The van der Waals surface area contributed by atoms with Crippen molar-refractivity contribution in [3.05, 3.63) is 54.1 Å². The first kappa shape index (κ1) is 13.1. The van der Waals surface area contributed by atoms with E-state index >= 15 is 0 Å². The van der Waals surface area contributed by atoms with Gasteiger partial charge in [0.25, 0.3) is 5.91 Å². The molecule has 0 saturated heterocycles. The minimum Gasteiger partial charge on any atom is -0.399 e. The summed E-state index contributed by atoms with van der Waals surface area (Å²) >= 11 is 0. The zero-order valence-corrected chi connectivity index (χ0v) is 11.1. The van der Waals surface area contributed by atoms with Gasteiger partial charge in [-0.25, -0.2) is 5.01 Å². The lowest BCUT2D eigenvalue weighted by Crippen LogP contribution is -2.36. The number of rotatable bonds is 3. The van der Waals surface area contributed by atoms with Gasteiger partial charge in [-0.15, -0.1) is 0 Å². The number of hydrogen-bond acceptors (Lipinski definition) is 3. The quantitative estimate of drug-likeness (QED) is 0.652. The molecule has 2 rings (SSSR count). The van der Waals surface area contributed by atoms with Gasteiger partial charge < -0.3 is 5.73 Å². The molecule has 0 saturated carbocycles. The summed E-state index contributed by atoms with van der Waals surface area (Å²) in [5.41, 5.74) is 11.6. The molecule has 0 bridgehead atoms. The van der Waals surface area contributed by atoms with Crippen LogP contribution in [0.25, 0.3) is 11.1 Å². The van der Waals surface area contributed by atoms with Crippen molar-refractivity contribution in [1.29, 1.82) is 0 Å². The van der Waals surface area contributed by atoms with Crippen molar-refractivity contribution in [3.8, 4) is 11.1 Å². The Labute approximate surface area is 112 Å². The summed E-state index contributed by atoms with van der Waals surface area (Å²) in [6, 6.07) is 15.0. The lowest BCUT2D eigenvalue weighted by molar-refractivity contribution is 0.0857. The van der Waals surface area contributed by atoms with Crippen LogP contribution in [0.15, 0.2) is 48.5 Å². The average molecular weight is 255 g/mol. The van der Waals surface area contributed by atoms with Gasteiger partial charge in [-0.3, -0.25) is 10.2 Å². The monoisotopic (exact) mass is 255 g/mol. The van der Waals surface area contributed by atoms with E-state index in [0.29, 0.717) is 11.3 Å². The molecule has 0 aliphatic rings. The Kier molecular flexibility index (Phi) is 3.82. The summed E-state index contributed by atoms with van der Waals surface area (Å²) in [5, 5.41) is 1.63. The van der Waals surface area contributed by atoms with Crippen molar-refractivity contribution in [1.82, 2.24) is 10.4 Å². The van der Waals surface area contributed by atoms with E-state index in [-0.39, 0.29) is 5.91 Å². The number of nitrogens with one attached hydrogen (secondary N) is 1. The van der Waals surface area contributed by atoms with Crippen LogP contribution in [0.3, 0.4) is 0 Å². The van der Waals surface area contributed by atoms with Crippen LogP contribution in [0, 0.1) is 0 Å². The molecule has 0 heterocycles. The van der Waals surface area contributed by atoms with Crippen LogP contribution in [-0.2, 0) is 0 Å². The van der Waals surface area contributed by atoms with Crippen LogP contribution < -0.4 is 11.2 Å². The van der Waals surface area contributed by atoms with Gasteiger partial charge in [0.05, 0.1) is 0 Å². The predicted molar refractivity (Wildman–Crippen MR) is 77.4 cm³/mol. The molecule has 0 unspecified atom stereocenters. The first-order valence-electron chi connectivity index (χ1n) is 6.01. The number of nitrogen functional groups attached to an aromatic ring is 1. The summed E-state index contributed by atoms with van der Waals surface area (Å²) < 4.78 is 0. The van der Waals surface area contributed by atoms with Gasteiger partial charge in [0.2, 0.25) is 0 Å². The second-order valence-electron chi connectivity index (χ2n) is 4.50. The Hall–Kier alpha value is -2.33. The summed E-state index contributed by atoms with van der Waals surface area (Å²) in [6.07, 6.45) is 0.